The van der Waals surface area contributed by atoms with Crippen molar-refractivity contribution >= 4 is 28.5 Å². The molecule has 1 amide bonds. The monoisotopic (exact) mass is 356 g/mol. The third-order valence-electron chi connectivity index (χ3n) is 3.18. The Labute approximate surface area is 151 Å². The van der Waals surface area contributed by atoms with Gasteiger partial charge in [0.2, 0.25) is 5.13 Å². The van der Waals surface area contributed by atoms with E-state index in [1.807, 2.05) is 25.1 Å². The molecule has 1 heterocycles. The Morgan fingerprint density at radius 1 is 1.28 bits per heavy atom. The van der Waals surface area contributed by atoms with Gasteiger partial charge in [0.1, 0.15) is 22.4 Å². The number of nitriles is 1. The quantitative estimate of drug-likeness (QED) is 0.574. The molecule has 7 heteroatoms. The van der Waals surface area contributed by atoms with Gasteiger partial charge in [-0.3, -0.25) is 10.1 Å². The normalized spacial score (nSPS) is 11.0. The van der Waals surface area contributed by atoms with Crippen molar-refractivity contribution in [2.75, 3.05) is 11.9 Å². The molecule has 0 aliphatic carbocycles. The van der Waals surface area contributed by atoms with E-state index in [-0.39, 0.29) is 5.57 Å². The lowest BCUT2D eigenvalue weighted by molar-refractivity contribution is -0.112. The van der Waals surface area contributed by atoms with E-state index in [0.717, 1.165) is 35.6 Å². The van der Waals surface area contributed by atoms with Crippen LogP contribution in [0.3, 0.4) is 0 Å². The molecular formula is C18H20N4O2S. The number of rotatable bonds is 8. The summed E-state index contributed by atoms with van der Waals surface area (Å²) in [5.74, 6) is 0.271. The maximum atomic E-state index is 12.2. The average molecular weight is 356 g/mol. The molecule has 0 bridgehead atoms. The molecule has 0 aliphatic rings. The van der Waals surface area contributed by atoms with E-state index in [4.69, 9.17) is 4.74 Å². The van der Waals surface area contributed by atoms with Gasteiger partial charge in [-0.05, 0) is 36.6 Å². The van der Waals surface area contributed by atoms with Crippen LogP contribution >= 0.6 is 11.3 Å². The molecule has 1 aromatic heterocycles. The number of nitrogens with zero attached hydrogens (tertiary/aromatic N) is 3. The minimum Gasteiger partial charge on any atom is -0.494 e. The molecule has 0 spiro atoms. The predicted octanol–water partition coefficient (Wildman–Crippen LogP) is 3.83. The fourth-order valence-electron chi connectivity index (χ4n) is 1.98. The Bertz CT molecular complexity index is 775. The van der Waals surface area contributed by atoms with Crippen molar-refractivity contribution in [1.29, 1.82) is 5.26 Å². The smallest absolute Gasteiger partial charge is 0.268 e. The molecule has 6 nitrogen and oxygen atoms in total. The van der Waals surface area contributed by atoms with Gasteiger partial charge in [-0.25, -0.2) is 0 Å². The van der Waals surface area contributed by atoms with Crippen molar-refractivity contribution in [3.8, 4) is 11.8 Å². The van der Waals surface area contributed by atoms with Crippen LogP contribution in [0.4, 0.5) is 5.13 Å². The number of aryl methyl sites for hydroxylation is 1. The molecule has 130 valence electrons. The number of benzene rings is 1. The van der Waals surface area contributed by atoms with E-state index in [1.54, 1.807) is 12.1 Å². The van der Waals surface area contributed by atoms with E-state index in [1.165, 1.54) is 17.4 Å². The Hall–Kier alpha value is -2.72. The van der Waals surface area contributed by atoms with Crippen molar-refractivity contribution in [2.24, 2.45) is 0 Å². The number of carbonyl (C=O) groups excluding carboxylic acids is 1. The van der Waals surface area contributed by atoms with Gasteiger partial charge in [-0.15, -0.1) is 10.2 Å². The van der Waals surface area contributed by atoms with Gasteiger partial charge >= 0.3 is 0 Å². The van der Waals surface area contributed by atoms with Gasteiger partial charge in [-0.2, -0.15) is 5.26 Å². The molecule has 2 aromatic rings. The topological polar surface area (TPSA) is 87.9 Å². The van der Waals surface area contributed by atoms with Crippen LogP contribution in [0.5, 0.6) is 5.75 Å². The summed E-state index contributed by atoms with van der Waals surface area (Å²) >= 11 is 1.32. The van der Waals surface area contributed by atoms with Gasteiger partial charge < -0.3 is 4.74 Å². The van der Waals surface area contributed by atoms with E-state index in [9.17, 15) is 10.1 Å². The zero-order valence-electron chi connectivity index (χ0n) is 14.3. The zero-order chi connectivity index (χ0) is 18.1. The molecule has 0 saturated carbocycles. The summed E-state index contributed by atoms with van der Waals surface area (Å²) < 4.78 is 5.51. The Balaban J connectivity index is 2.05. The second kappa shape index (κ2) is 9.55. The highest BCUT2D eigenvalue weighted by molar-refractivity contribution is 7.15. The summed E-state index contributed by atoms with van der Waals surface area (Å²) in [7, 11) is 0. The first-order valence-corrected chi connectivity index (χ1v) is 8.96. The second-order valence-corrected chi connectivity index (χ2v) is 6.35. The first kappa shape index (κ1) is 18.6. The molecule has 25 heavy (non-hydrogen) atoms. The van der Waals surface area contributed by atoms with Crippen molar-refractivity contribution in [2.45, 2.75) is 33.1 Å². The van der Waals surface area contributed by atoms with Crippen LogP contribution in [0.15, 0.2) is 29.8 Å². The number of anilines is 1. The average Bonchev–Trinajstić information content (AvgIpc) is 3.06. The zero-order valence-corrected chi connectivity index (χ0v) is 15.1. The fourth-order valence-corrected chi connectivity index (χ4v) is 2.82. The molecule has 1 aromatic carbocycles. The summed E-state index contributed by atoms with van der Waals surface area (Å²) in [4.78, 5) is 12.2. The van der Waals surface area contributed by atoms with Crippen LogP contribution in [0.2, 0.25) is 0 Å². The lowest BCUT2D eigenvalue weighted by atomic mass is 10.1. The summed E-state index contributed by atoms with van der Waals surface area (Å²) in [6, 6.07) is 9.17. The van der Waals surface area contributed by atoms with Crippen molar-refractivity contribution < 1.29 is 9.53 Å². The third-order valence-corrected chi connectivity index (χ3v) is 4.08. The number of aromatic nitrogens is 2. The van der Waals surface area contributed by atoms with Gasteiger partial charge in [0.15, 0.2) is 0 Å². The van der Waals surface area contributed by atoms with E-state index in [0.29, 0.717) is 11.7 Å². The summed E-state index contributed by atoms with van der Waals surface area (Å²) in [6.07, 6.45) is 4.25. The minimum absolute atomic E-state index is 0.00877. The van der Waals surface area contributed by atoms with E-state index >= 15 is 0 Å². The highest BCUT2D eigenvalue weighted by Crippen LogP contribution is 2.18. The standard InChI is InChI=1S/C18H20N4O2S/c1-3-5-16-21-22-18(25-16)20-17(23)14(12-19)11-13-6-8-15(9-7-13)24-10-4-2/h6-9,11H,3-5,10H2,1-2H3,(H,20,22,23)/b14-11+. The molecule has 0 aliphatic heterocycles. The first-order chi connectivity index (χ1) is 12.2. The van der Waals surface area contributed by atoms with E-state index in [2.05, 4.69) is 22.4 Å². The highest BCUT2D eigenvalue weighted by atomic mass is 32.1. The van der Waals surface area contributed by atoms with Crippen LogP contribution in [0.25, 0.3) is 6.08 Å². The van der Waals surface area contributed by atoms with Crippen LogP contribution in [0.1, 0.15) is 37.3 Å². The first-order valence-electron chi connectivity index (χ1n) is 8.14. The lowest BCUT2D eigenvalue weighted by Gasteiger charge is -2.04. The molecule has 0 fully saturated rings. The van der Waals surface area contributed by atoms with Crippen LogP contribution in [-0.2, 0) is 11.2 Å². The van der Waals surface area contributed by atoms with Crippen molar-refractivity contribution in [3.05, 3.63) is 40.4 Å². The highest BCUT2D eigenvalue weighted by Gasteiger charge is 2.12. The van der Waals surface area contributed by atoms with Gasteiger partial charge in [0.25, 0.3) is 5.91 Å². The number of amides is 1. The Kier molecular flexibility index (Phi) is 7.11. The third kappa shape index (κ3) is 5.69. The SMILES string of the molecule is CCCOc1ccc(/C=C(\C#N)C(=O)Nc2nnc(CCC)s2)cc1. The van der Waals surface area contributed by atoms with Gasteiger partial charge in [0.05, 0.1) is 6.61 Å². The number of hydrogen-bond donors (Lipinski definition) is 1. The molecule has 1 N–H and O–H groups in total. The molecule has 0 radical (unpaired) electrons. The fraction of sp³-hybridized carbons (Fsp3) is 0.333. The Morgan fingerprint density at radius 2 is 2.04 bits per heavy atom. The van der Waals surface area contributed by atoms with Crippen LogP contribution in [0, 0.1) is 11.3 Å². The minimum atomic E-state index is -0.493. The predicted molar refractivity (Wildman–Crippen MR) is 98.4 cm³/mol. The van der Waals surface area contributed by atoms with E-state index < -0.39 is 5.91 Å². The van der Waals surface area contributed by atoms with Crippen molar-refractivity contribution in [1.82, 2.24) is 10.2 Å². The molecule has 0 unspecified atom stereocenters. The van der Waals surface area contributed by atoms with Crippen LogP contribution < -0.4 is 10.1 Å². The maximum absolute atomic E-state index is 12.2. The Morgan fingerprint density at radius 3 is 2.68 bits per heavy atom. The van der Waals surface area contributed by atoms with Crippen LogP contribution in [-0.4, -0.2) is 22.7 Å². The molecule has 0 saturated heterocycles. The number of hydrogen-bond acceptors (Lipinski definition) is 6. The van der Waals surface area contributed by atoms with Gasteiger partial charge in [-0.1, -0.05) is 37.3 Å². The van der Waals surface area contributed by atoms with Gasteiger partial charge in [0, 0.05) is 6.42 Å². The summed E-state index contributed by atoms with van der Waals surface area (Å²) in [5, 5.41) is 21.1. The molecular weight excluding hydrogens is 336 g/mol. The molecule has 0 atom stereocenters. The summed E-state index contributed by atoms with van der Waals surface area (Å²) in [6.45, 7) is 4.75. The number of ether oxygens (including phenoxy) is 1. The second-order valence-electron chi connectivity index (χ2n) is 5.29. The number of nitrogens with one attached hydrogen (secondary N) is 1. The maximum Gasteiger partial charge on any atom is 0.268 e. The molecule has 2 rings (SSSR count). The summed E-state index contributed by atoms with van der Waals surface area (Å²) in [5.41, 5.74) is 0.758. The van der Waals surface area contributed by atoms with Crippen molar-refractivity contribution in [3.63, 3.8) is 0 Å². The number of carbonyl (C=O) groups is 1. The lowest BCUT2D eigenvalue weighted by Crippen LogP contribution is -2.13. The largest absolute Gasteiger partial charge is 0.494 e.